The summed E-state index contributed by atoms with van der Waals surface area (Å²) in [5.74, 6) is 0.0647. The zero-order valence-corrected chi connectivity index (χ0v) is 13.0. The average Bonchev–Trinajstić information content (AvgIpc) is 2.92. The van der Waals surface area contributed by atoms with Crippen molar-refractivity contribution in [2.75, 3.05) is 26.2 Å². The quantitative estimate of drug-likeness (QED) is 0.837. The van der Waals surface area contributed by atoms with Crippen LogP contribution in [0.5, 0.6) is 0 Å². The molecule has 1 aliphatic rings. The minimum atomic E-state index is -0.00116. The molecule has 0 saturated carbocycles. The first-order chi connectivity index (χ1) is 10.6. The number of aryl methyl sites for hydroxylation is 1. The number of imidazole rings is 1. The first-order valence-corrected chi connectivity index (χ1v) is 7.62. The van der Waals surface area contributed by atoms with E-state index in [1.165, 1.54) is 0 Å². The zero-order chi connectivity index (χ0) is 15.7. The van der Waals surface area contributed by atoms with Gasteiger partial charge in [-0.15, -0.1) is 0 Å². The highest BCUT2D eigenvalue weighted by Gasteiger charge is 2.27. The molecular weight excluding hydrogens is 280 g/mol. The number of hydrogen-bond acceptors (Lipinski definition) is 3. The normalized spacial score (nSPS) is 15.4. The molecule has 0 bridgehead atoms. The van der Waals surface area contributed by atoms with Crippen molar-refractivity contribution in [3.05, 3.63) is 35.8 Å². The second-order valence-electron chi connectivity index (χ2n) is 5.49. The fourth-order valence-corrected chi connectivity index (χ4v) is 2.89. The number of pyridine rings is 1. The highest BCUT2D eigenvalue weighted by atomic mass is 16.2. The lowest BCUT2D eigenvalue weighted by Gasteiger charge is -2.34. The molecule has 0 atom stereocenters. The Morgan fingerprint density at radius 2 is 1.82 bits per heavy atom. The van der Waals surface area contributed by atoms with E-state index < -0.39 is 0 Å². The van der Waals surface area contributed by atoms with Crippen LogP contribution in [0, 0.1) is 0 Å². The lowest BCUT2D eigenvalue weighted by atomic mass is 10.2. The molecule has 0 unspecified atom stereocenters. The third-order valence-electron chi connectivity index (χ3n) is 4.15. The minimum absolute atomic E-state index is 0.00116. The molecule has 1 saturated heterocycles. The summed E-state index contributed by atoms with van der Waals surface area (Å²) in [7, 11) is 0. The number of carbonyl (C=O) groups is 2. The molecule has 6 heteroatoms. The van der Waals surface area contributed by atoms with Gasteiger partial charge in [0.15, 0.2) is 0 Å². The van der Waals surface area contributed by atoms with Crippen LogP contribution in [0.2, 0.25) is 0 Å². The van der Waals surface area contributed by atoms with Crippen LogP contribution in [0.15, 0.2) is 24.4 Å². The highest BCUT2D eigenvalue weighted by molar-refractivity contribution is 5.95. The Bertz CT molecular complexity index is 714. The Hall–Kier alpha value is -2.37. The van der Waals surface area contributed by atoms with Crippen molar-refractivity contribution in [3.63, 3.8) is 0 Å². The standard InChI is InChI=1S/C16H20N4O2/c1-3-13-15(20-7-5-4-6-14(20)17-13)16(22)19-10-8-18(9-11-19)12(2)21/h4-7H,3,8-11H2,1-2H3. The third kappa shape index (κ3) is 2.45. The van der Waals surface area contributed by atoms with Crippen LogP contribution in [0.1, 0.15) is 30.0 Å². The number of piperazine rings is 1. The largest absolute Gasteiger partial charge is 0.339 e. The molecular formula is C16H20N4O2. The van der Waals surface area contributed by atoms with Gasteiger partial charge in [0.05, 0.1) is 5.69 Å². The zero-order valence-electron chi connectivity index (χ0n) is 13.0. The van der Waals surface area contributed by atoms with Gasteiger partial charge in [-0.3, -0.25) is 14.0 Å². The van der Waals surface area contributed by atoms with Crippen LogP contribution in [0.25, 0.3) is 5.65 Å². The van der Waals surface area contributed by atoms with Crippen LogP contribution < -0.4 is 0 Å². The molecule has 2 aromatic rings. The smallest absolute Gasteiger partial charge is 0.272 e. The number of aromatic nitrogens is 2. The predicted molar refractivity (Wildman–Crippen MR) is 82.7 cm³/mol. The molecule has 3 heterocycles. The molecule has 2 aromatic heterocycles. The highest BCUT2D eigenvalue weighted by Crippen LogP contribution is 2.17. The Morgan fingerprint density at radius 1 is 1.14 bits per heavy atom. The van der Waals surface area contributed by atoms with Crippen molar-refractivity contribution in [1.82, 2.24) is 19.2 Å². The Kier molecular flexibility index (Phi) is 3.83. The van der Waals surface area contributed by atoms with Gasteiger partial charge in [0.1, 0.15) is 11.3 Å². The monoisotopic (exact) mass is 300 g/mol. The van der Waals surface area contributed by atoms with Crippen molar-refractivity contribution in [2.45, 2.75) is 20.3 Å². The summed E-state index contributed by atoms with van der Waals surface area (Å²) in [6, 6.07) is 5.73. The van der Waals surface area contributed by atoms with E-state index in [0.29, 0.717) is 31.9 Å². The number of carbonyl (C=O) groups excluding carboxylic acids is 2. The van der Waals surface area contributed by atoms with E-state index >= 15 is 0 Å². The maximum Gasteiger partial charge on any atom is 0.272 e. The molecule has 0 radical (unpaired) electrons. The summed E-state index contributed by atoms with van der Waals surface area (Å²) in [6.45, 7) is 5.91. The minimum Gasteiger partial charge on any atom is -0.339 e. The van der Waals surface area contributed by atoms with Gasteiger partial charge in [0.25, 0.3) is 5.91 Å². The van der Waals surface area contributed by atoms with Crippen LogP contribution in [-0.2, 0) is 11.2 Å². The number of rotatable bonds is 2. The maximum atomic E-state index is 12.9. The number of fused-ring (bicyclic) bond motifs is 1. The Labute approximate surface area is 129 Å². The average molecular weight is 300 g/mol. The van der Waals surface area contributed by atoms with Gasteiger partial charge in [-0.2, -0.15) is 0 Å². The number of amides is 2. The van der Waals surface area contributed by atoms with Gasteiger partial charge in [0, 0.05) is 39.3 Å². The van der Waals surface area contributed by atoms with Crippen LogP contribution >= 0.6 is 0 Å². The maximum absolute atomic E-state index is 12.9. The summed E-state index contributed by atoms with van der Waals surface area (Å²) in [4.78, 5) is 32.4. The van der Waals surface area contributed by atoms with E-state index in [2.05, 4.69) is 4.98 Å². The lowest BCUT2D eigenvalue weighted by Crippen LogP contribution is -2.50. The van der Waals surface area contributed by atoms with Gasteiger partial charge >= 0.3 is 0 Å². The Morgan fingerprint density at radius 3 is 2.45 bits per heavy atom. The third-order valence-corrected chi connectivity index (χ3v) is 4.15. The van der Waals surface area contributed by atoms with Crippen molar-refractivity contribution in [1.29, 1.82) is 0 Å². The fraction of sp³-hybridized carbons (Fsp3) is 0.438. The first-order valence-electron chi connectivity index (χ1n) is 7.62. The predicted octanol–water partition coefficient (Wildman–Crippen LogP) is 1.20. The van der Waals surface area contributed by atoms with Gasteiger partial charge in [-0.25, -0.2) is 4.98 Å². The van der Waals surface area contributed by atoms with E-state index in [4.69, 9.17) is 0 Å². The summed E-state index contributed by atoms with van der Waals surface area (Å²) in [5, 5.41) is 0. The van der Waals surface area contributed by atoms with Gasteiger partial charge in [-0.05, 0) is 18.6 Å². The molecule has 0 N–H and O–H groups in total. The molecule has 1 fully saturated rings. The first kappa shape index (κ1) is 14.6. The second-order valence-corrected chi connectivity index (χ2v) is 5.49. The number of hydrogen-bond donors (Lipinski definition) is 0. The lowest BCUT2D eigenvalue weighted by molar-refractivity contribution is -0.130. The summed E-state index contributed by atoms with van der Waals surface area (Å²) in [5.41, 5.74) is 2.27. The molecule has 3 rings (SSSR count). The second kappa shape index (κ2) is 5.79. The van der Waals surface area contributed by atoms with Crippen molar-refractivity contribution >= 4 is 17.5 Å². The van der Waals surface area contributed by atoms with E-state index in [0.717, 1.165) is 17.8 Å². The summed E-state index contributed by atoms with van der Waals surface area (Å²) < 4.78 is 1.86. The van der Waals surface area contributed by atoms with Crippen LogP contribution in [0.4, 0.5) is 0 Å². The van der Waals surface area contributed by atoms with Crippen molar-refractivity contribution < 1.29 is 9.59 Å². The molecule has 22 heavy (non-hydrogen) atoms. The topological polar surface area (TPSA) is 57.9 Å². The molecule has 0 aliphatic carbocycles. The van der Waals surface area contributed by atoms with Gasteiger partial charge in [-0.1, -0.05) is 13.0 Å². The van der Waals surface area contributed by atoms with Gasteiger partial charge < -0.3 is 9.80 Å². The molecule has 6 nitrogen and oxygen atoms in total. The fourth-order valence-electron chi connectivity index (χ4n) is 2.89. The van der Waals surface area contributed by atoms with Gasteiger partial charge in [0.2, 0.25) is 5.91 Å². The van der Waals surface area contributed by atoms with Crippen LogP contribution in [-0.4, -0.2) is 57.2 Å². The van der Waals surface area contributed by atoms with E-state index in [1.54, 1.807) is 11.8 Å². The van der Waals surface area contributed by atoms with E-state index in [9.17, 15) is 9.59 Å². The summed E-state index contributed by atoms with van der Waals surface area (Å²) in [6.07, 6.45) is 2.59. The van der Waals surface area contributed by atoms with E-state index in [-0.39, 0.29) is 11.8 Å². The summed E-state index contributed by atoms with van der Waals surface area (Å²) >= 11 is 0. The van der Waals surface area contributed by atoms with Crippen molar-refractivity contribution in [3.8, 4) is 0 Å². The van der Waals surface area contributed by atoms with E-state index in [1.807, 2.05) is 40.6 Å². The Balaban J connectivity index is 1.88. The van der Waals surface area contributed by atoms with Crippen LogP contribution in [0.3, 0.4) is 0 Å². The molecule has 0 spiro atoms. The van der Waals surface area contributed by atoms with Crippen molar-refractivity contribution in [2.24, 2.45) is 0 Å². The molecule has 1 aliphatic heterocycles. The molecule has 0 aromatic carbocycles. The SMILES string of the molecule is CCc1nc2ccccn2c1C(=O)N1CCN(C(C)=O)CC1. The number of nitrogens with zero attached hydrogens (tertiary/aromatic N) is 4. The molecule has 2 amide bonds. The molecule has 116 valence electrons.